The van der Waals surface area contributed by atoms with Gasteiger partial charge in [0.1, 0.15) is 5.75 Å². The van der Waals surface area contributed by atoms with Gasteiger partial charge in [0.2, 0.25) is 10.0 Å². The normalized spacial score (nSPS) is 10.8. The molecule has 0 saturated heterocycles. The van der Waals surface area contributed by atoms with Crippen molar-refractivity contribution in [2.24, 2.45) is 0 Å². The molecule has 0 bridgehead atoms. The van der Waals surface area contributed by atoms with Crippen LogP contribution in [0.1, 0.15) is 5.56 Å². The first-order chi connectivity index (χ1) is 7.57. The number of nitriles is 1. The van der Waals surface area contributed by atoms with Crippen LogP contribution < -0.4 is 9.46 Å². The molecule has 0 saturated carbocycles. The molecule has 86 valence electrons. The van der Waals surface area contributed by atoms with E-state index in [2.05, 4.69) is 4.72 Å². The summed E-state index contributed by atoms with van der Waals surface area (Å²) in [6.07, 6.45) is 0. The Morgan fingerprint density at radius 2 is 2.25 bits per heavy atom. The van der Waals surface area contributed by atoms with Crippen LogP contribution in [0.2, 0.25) is 0 Å². The summed E-state index contributed by atoms with van der Waals surface area (Å²) >= 11 is 0. The van der Waals surface area contributed by atoms with Crippen molar-refractivity contribution in [2.75, 3.05) is 12.9 Å². The second kappa shape index (κ2) is 5.49. The second-order valence-corrected chi connectivity index (χ2v) is 4.90. The molecule has 0 aliphatic rings. The van der Waals surface area contributed by atoms with Gasteiger partial charge in [0.05, 0.1) is 13.2 Å². The summed E-state index contributed by atoms with van der Waals surface area (Å²) in [5.74, 6) is 0.133. The molecular weight excluding hydrogens is 228 g/mol. The highest BCUT2D eigenvalue weighted by Gasteiger charge is 2.08. The van der Waals surface area contributed by atoms with Gasteiger partial charge in [-0.3, -0.25) is 0 Å². The van der Waals surface area contributed by atoms with Gasteiger partial charge in [0, 0.05) is 6.54 Å². The minimum absolute atomic E-state index is 0.154. The van der Waals surface area contributed by atoms with Crippen LogP contribution >= 0.6 is 0 Å². The average Bonchev–Trinajstić information content (AvgIpc) is 2.27. The molecule has 1 aromatic carbocycles. The zero-order chi connectivity index (χ0) is 12.0. The fraction of sp³-hybridized carbons (Fsp3) is 0.300. The third kappa shape index (κ3) is 3.88. The Hall–Kier alpha value is -1.58. The van der Waals surface area contributed by atoms with Gasteiger partial charge in [-0.05, 0) is 17.7 Å². The van der Waals surface area contributed by atoms with E-state index in [1.165, 1.54) is 0 Å². The number of hydrogen-bond donors (Lipinski definition) is 1. The number of nitrogens with zero attached hydrogens (tertiary/aromatic N) is 1. The van der Waals surface area contributed by atoms with E-state index in [-0.39, 0.29) is 6.54 Å². The third-order valence-electron chi connectivity index (χ3n) is 1.88. The Morgan fingerprint density at radius 1 is 1.50 bits per heavy atom. The highest BCUT2D eigenvalue weighted by Crippen LogP contribution is 2.12. The molecule has 0 aliphatic heterocycles. The summed E-state index contributed by atoms with van der Waals surface area (Å²) in [5, 5.41) is 8.29. The Morgan fingerprint density at radius 3 is 2.88 bits per heavy atom. The van der Waals surface area contributed by atoms with Crippen LogP contribution in [-0.2, 0) is 16.6 Å². The monoisotopic (exact) mass is 240 g/mol. The van der Waals surface area contributed by atoms with E-state index in [1.807, 2.05) is 0 Å². The van der Waals surface area contributed by atoms with E-state index in [9.17, 15) is 8.42 Å². The van der Waals surface area contributed by atoms with Gasteiger partial charge in [-0.2, -0.15) is 5.26 Å². The van der Waals surface area contributed by atoms with Gasteiger partial charge in [0.15, 0.2) is 5.75 Å². The Bertz CT molecular complexity index is 491. The minimum Gasteiger partial charge on any atom is -0.497 e. The van der Waals surface area contributed by atoms with E-state index in [4.69, 9.17) is 10.00 Å². The maximum absolute atomic E-state index is 11.2. The first-order valence-corrected chi connectivity index (χ1v) is 6.20. The van der Waals surface area contributed by atoms with E-state index in [1.54, 1.807) is 37.4 Å². The largest absolute Gasteiger partial charge is 0.497 e. The Kier molecular flexibility index (Phi) is 4.28. The van der Waals surface area contributed by atoms with Crippen molar-refractivity contribution in [2.45, 2.75) is 6.54 Å². The lowest BCUT2D eigenvalue weighted by Crippen LogP contribution is -2.25. The van der Waals surface area contributed by atoms with Crippen LogP contribution in [0, 0.1) is 11.3 Å². The number of rotatable bonds is 5. The molecule has 0 heterocycles. The van der Waals surface area contributed by atoms with Gasteiger partial charge in [-0.15, -0.1) is 0 Å². The van der Waals surface area contributed by atoms with Crippen molar-refractivity contribution in [3.63, 3.8) is 0 Å². The maximum Gasteiger partial charge on any atom is 0.225 e. The molecule has 1 rings (SSSR count). The lowest BCUT2D eigenvalue weighted by atomic mass is 10.2. The lowest BCUT2D eigenvalue weighted by Gasteiger charge is -2.05. The molecule has 16 heavy (non-hydrogen) atoms. The predicted octanol–water partition coefficient (Wildman–Crippen LogP) is 0.638. The van der Waals surface area contributed by atoms with Crippen molar-refractivity contribution < 1.29 is 13.2 Å². The summed E-state index contributed by atoms with van der Waals surface area (Å²) in [6.45, 7) is 0.154. The lowest BCUT2D eigenvalue weighted by molar-refractivity contribution is 0.414. The van der Waals surface area contributed by atoms with Gasteiger partial charge < -0.3 is 4.74 Å². The molecule has 5 nitrogen and oxygen atoms in total. The fourth-order valence-corrected chi connectivity index (χ4v) is 1.77. The highest BCUT2D eigenvalue weighted by molar-refractivity contribution is 7.89. The first kappa shape index (κ1) is 12.5. The van der Waals surface area contributed by atoms with Gasteiger partial charge >= 0.3 is 0 Å². The summed E-state index contributed by atoms with van der Waals surface area (Å²) in [7, 11) is -1.96. The Labute approximate surface area is 94.7 Å². The molecule has 1 N–H and O–H groups in total. The minimum atomic E-state index is -3.50. The molecule has 0 spiro atoms. The quantitative estimate of drug-likeness (QED) is 0.819. The molecule has 0 radical (unpaired) electrons. The van der Waals surface area contributed by atoms with E-state index in [0.717, 1.165) is 5.56 Å². The van der Waals surface area contributed by atoms with Gasteiger partial charge in [-0.25, -0.2) is 13.1 Å². The van der Waals surface area contributed by atoms with Crippen LogP contribution in [0.25, 0.3) is 0 Å². The fourth-order valence-electron chi connectivity index (χ4n) is 1.11. The first-order valence-electron chi connectivity index (χ1n) is 4.54. The second-order valence-electron chi connectivity index (χ2n) is 3.09. The molecule has 0 aromatic heterocycles. The van der Waals surface area contributed by atoms with Gasteiger partial charge in [-0.1, -0.05) is 12.1 Å². The maximum atomic E-state index is 11.2. The molecule has 0 fully saturated rings. The summed E-state index contributed by atoms with van der Waals surface area (Å²) in [5.41, 5.74) is 0.779. The van der Waals surface area contributed by atoms with Crippen LogP contribution in [0.5, 0.6) is 5.75 Å². The number of benzene rings is 1. The third-order valence-corrected chi connectivity index (χ3v) is 2.98. The number of hydrogen-bond acceptors (Lipinski definition) is 4. The van der Waals surface area contributed by atoms with Crippen molar-refractivity contribution in [3.8, 4) is 11.8 Å². The van der Waals surface area contributed by atoms with Crippen LogP contribution in [0.15, 0.2) is 24.3 Å². The van der Waals surface area contributed by atoms with E-state index >= 15 is 0 Å². The standard InChI is InChI=1S/C10H12N2O3S/c1-15-10-4-2-3-9(7-10)8-12-16(13,14)6-5-11/h2-4,7,12H,6,8H2,1H3. The smallest absolute Gasteiger partial charge is 0.225 e. The molecule has 0 atom stereocenters. The summed E-state index contributed by atoms with van der Waals surface area (Å²) in [6, 6.07) is 8.64. The molecule has 0 aliphatic carbocycles. The van der Waals surface area contributed by atoms with Crippen molar-refractivity contribution in [3.05, 3.63) is 29.8 Å². The number of methoxy groups -OCH3 is 1. The Balaban J connectivity index is 2.65. The van der Waals surface area contributed by atoms with Crippen molar-refractivity contribution in [1.82, 2.24) is 4.72 Å². The van der Waals surface area contributed by atoms with Crippen LogP contribution in [-0.4, -0.2) is 21.3 Å². The van der Waals surface area contributed by atoms with Crippen molar-refractivity contribution >= 4 is 10.0 Å². The average molecular weight is 240 g/mol. The number of ether oxygens (including phenoxy) is 1. The zero-order valence-electron chi connectivity index (χ0n) is 8.80. The van der Waals surface area contributed by atoms with Crippen LogP contribution in [0.4, 0.5) is 0 Å². The number of nitrogens with one attached hydrogen (secondary N) is 1. The van der Waals surface area contributed by atoms with E-state index in [0.29, 0.717) is 5.75 Å². The molecular formula is C10H12N2O3S. The summed E-state index contributed by atoms with van der Waals surface area (Å²) < 4.78 is 29.7. The zero-order valence-corrected chi connectivity index (χ0v) is 9.62. The highest BCUT2D eigenvalue weighted by atomic mass is 32.2. The molecule has 1 aromatic rings. The van der Waals surface area contributed by atoms with E-state index < -0.39 is 15.8 Å². The molecule has 0 amide bonds. The molecule has 0 unspecified atom stereocenters. The van der Waals surface area contributed by atoms with Crippen molar-refractivity contribution in [1.29, 1.82) is 5.26 Å². The molecule has 6 heteroatoms. The van der Waals surface area contributed by atoms with Crippen LogP contribution in [0.3, 0.4) is 0 Å². The summed E-state index contributed by atoms with van der Waals surface area (Å²) in [4.78, 5) is 0. The predicted molar refractivity (Wildman–Crippen MR) is 59.2 cm³/mol. The topological polar surface area (TPSA) is 79.2 Å². The van der Waals surface area contributed by atoms with Gasteiger partial charge in [0.25, 0.3) is 0 Å². The number of sulfonamides is 1. The SMILES string of the molecule is COc1cccc(CNS(=O)(=O)CC#N)c1.